The molecule has 0 aromatic carbocycles. The lowest BCUT2D eigenvalue weighted by Crippen LogP contribution is -2.16. The van der Waals surface area contributed by atoms with Crippen molar-refractivity contribution >= 4 is 28.4 Å². The fourth-order valence-electron chi connectivity index (χ4n) is 1.32. The fraction of sp³-hybridized carbons (Fsp3) is 0.600. The summed E-state index contributed by atoms with van der Waals surface area (Å²) >= 11 is 2.22. The van der Waals surface area contributed by atoms with Gasteiger partial charge in [0.05, 0.1) is 15.8 Å². The third-order valence-corrected chi connectivity index (χ3v) is 3.11. The van der Waals surface area contributed by atoms with Gasteiger partial charge in [-0.05, 0) is 43.1 Å². The first-order valence-corrected chi connectivity index (χ1v) is 6.08. The summed E-state index contributed by atoms with van der Waals surface area (Å²) in [5, 5.41) is 0. The van der Waals surface area contributed by atoms with E-state index in [-0.39, 0.29) is 0 Å². The quantitative estimate of drug-likeness (QED) is 0.858. The van der Waals surface area contributed by atoms with E-state index in [2.05, 4.69) is 39.5 Å². The molecule has 5 heteroatoms. The number of nitrogens with two attached hydrogens (primary N) is 1. The Morgan fingerprint density at radius 1 is 1.33 bits per heavy atom. The van der Waals surface area contributed by atoms with E-state index in [1.165, 1.54) is 0 Å². The monoisotopic (exact) mass is 320 g/mol. The minimum Gasteiger partial charge on any atom is -0.383 e. The third kappa shape index (κ3) is 3.57. The second-order valence-electron chi connectivity index (χ2n) is 3.77. The number of rotatable bonds is 4. The van der Waals surface area contributed by atoms with Crippen LogP contribution in [0.1, 0.15) is 24.9 Å². The highest BCUT2D eigenvalue weighted by molar-refractivity contribution is 14.1. The summed E-state index contributed by atoms with van der Waals surface area (Å²) in [5.41, 5.74) is 6.92. The summed E-state index contributed by atoms with van der Waals surface area (Å²) < 4.78 is 0.997. The number of aryl methyl sites for hydroxylation is 1. The van der Waals surface area contributed by atoms with Crippen molar-refractivity contribution in [2.24, 2.45) is 0 Å². The van der Waals surface area contributed by atoms with E-state index in [9.17, 15) is 0 Å². The van der Waals surface area contributed by atoms with Crippen LogP contribution >= 0.6 is 22.6 Å². The highest BCUT2D eigenvalue weighted by Crippen LogP contribution is 2.18. The molecule has 1 aromatic heterocycles. The van der Waals surface area contributed by atoms with Gasteiger partial charge in [-0.25, -0.2) is 9.97 Å². The minimum atomic E-state index is 0.603. The molecule has 1 rings (SSSR count). The topological polar surface area (TPSA) is 55.0 Å². The zero-order chi connectivity index (χ0) is 11.4. The highest BCUT2D eigenvalue weighted by Gasteiger charge is 2.09. The molecule has 0 bridgehead atoms. The molecule has 1 aromatic rings. The molecule has 15 heavy (non-hydrogen) atoms. The Hall–Kier alpha value is -0.430. The van der Waals surface area contributed by atoms with Crippen molar-refractivity contribution in [1.29, 1.82) is 0 Å². The number of nitrogens with zero attached hydrogens (tertiary/aromatic N) is 3. The van der Waals surface area contributed by atoms with E-state index in [1.54, 1.807) is 0 Å². The minimum absolute atomic E-state index is 0.603. The van der Waals surface area contributed by atoms with Gasteiger partial charge in [0, 0.05) is 0 Å². The van der Waals surface area contributed by atoms with Gasteiger partial charge in [-0.3, -0.25) is 0 Å². The van der Waals surface area contributed by atoms with Gasteiger partial charge in [0.15, 0.2) is 0 Å². The summed E-state index contributed by atoms with van der Waals surface area (Å²) in [6.07, 6.45) is 2.04. The first kappa shape index (κ1) is 12.6. The lowest BCUT2D eigenvalue weighted by Gasteiger charge is -2.11. The maximum atomic E-state index is 5.85. The number of nitrogen functional groups attached to an aromatic ring is 1. The van der Waals surface area contributed by atoms with Gasteiger partial charge in [-0.15, -0.1) is 0 Å². The number of hydrogen-bond acceptors (Lipinski definition) is 4. The predicted molar refractivity (Wildman–Crippen MR) is 70.5 cm³/mol. The molecule has 0 radical (unpaired) electrons. The van der Waals surface area contributed by atoms with Crippen LogP contribution in [0, 0.1) is 3.57 Å². The summed E-state index contributed by atoms with van der Waals surface area (Å²) in [4.78, 5) is 10.8. The average molecular weight is 320 g/mol. The van der Waals surface area contributed by atoms with Crippen molar-refractivity contribution in [3.05, 3.63) is 15.1 Å². The van der Waals surface area contributed by atoms with Gasteiger partial charge in [-0.1, -0.05) is 13.3 Å². The first-order chi connectivity index (χ1) is 7.04. The first-order valence-electron chi connectivity index (χ1n) is 5.00. The van der Waals surface area contributed by atoms with Crippen LogP contribution in [0.2, 0.25) is 0 Å². The molecule has 0 aliphatic rings. The molecule has 84 valence electrons. The Bertz CT molecular complexity index is 338. The summed E-state index contributed by atoms with van der Waals surface area (Å²) in [7, 11) is 3.99. The number of halogens is 1. The zero-order valence-electron chi connectivity index (χ0n) is 9.42. The molecular formula is C10H17IN4. The molecule has 1 heterocycles. The number of aromatic nitrogens is 2. The third-order valence-electron chi connectivity index (χ3n) is 1.94. The lowest BCUT2D eigenvalue weighted by molar-refractivity contribution is 0.389. The molecule has 2 N–H and O–H groups in total. The van der Waals surface area contributed by atoms with Crippen molar-refractivity contribution in [3.8, 4) is 0 Å². The van der Waals surface area contributed by atoms with Gasteiger partial charge in [-0.2, -0.15) is 0 Å². The Morgan fingerprint density at radius 2 is 2.00 bits per heavy atom. The summed E-state index contributed by atoms with van der Waals surface area (Å²) in [5.74, 6) is 1.41. The summed E-state index contributed by atoms with van der Waals surface area (Å²) in [6.45, 7) is 2.87. The van der Waals surface area contributed by atoms with Crippen LogP contribution in [0.3, 0.4) is 0 Å². The largest absolute Gasteiger partial charge is 0.383 e. The zero-order valence-corrected chi connectivity index (χ0v) is 11.6. The summed E-state index contributed by atoms with van der Waals surface area (Å²) in [6, 6.07) is 0. The van der Waals surface area contributed by atoms with E-state index in [1.807, 2.05) is 19.0 Å². The number of hydrogen-bond donors (Lipinski definition) is 1. The van der Waals surface area contributed by atoms with Gasteiger partial charge in [0.2, 0.25) is 0 Å². The molecule has 0 aliphatic carbocycles. The Balaban J connectivity index is 3.00. The Morgan fingerprint density at radius 3 is 2.53 bits per heavy atom. The van der Waals surface area contributed by atoms with Gasteiger partial charge in [0.25, 0.3) is 0 Å². The molecule has 0 amide bonds. The normalized spacial score (nSPS) is 11.0. The Labute approximate surface area is 104 Å². The van der Waals surface area contributed by atoms with Crippen molar-refractivity contribution < 1.29 is 0 Å². The second kappa shape index (κ2) is 5.60. The molecule has 0 saturated carbocycles. The van der Waals surface area contributed by atoms with Gasteiger partial charge < -0.3 is 10.6 Å². The van der Waals surface area contributed by atoms with Crippen LogP contribution in [0.15, 0.2) is 0 Å². The highest BCUT2D eigenvalue weighted by atomic mass is 127. The molecule has 0 unspecified atom stereocenters. The van der Waals surface area contributed by atoms with Crippen molar-refractivity contribution in [3.63, 3.8) is 0 Å². The fourth-order valence-corrected chi connectivity index (χ4v) is 1.83. The van der Waals surface area contributed by atoms with E-state index in [0.717, 1.165) is 34.5 Å². The lowest BCUT2D eigenvalue weighted by atomic mass is 10.2. The smallest absolute Gasteiger partial charge is 0.145 e. The second-order valence-corrected chi connectivity index (χ2v) is 4.85. The van der Waals surface area contributed by atoms with Crippen LogP contribution in [-0.4, -0.2) is 29.0 Å². The predicted octanol–water partition coefficient (Wildman–Crippen LogP) is 1.68. The molecule has 0 aliphatic heterocycles. The average Bonchev–Trinajstić information content (AvgIpc) is 2.12. The standard InChI is InChI=1S/C10H17IN4/c1-4-5-7-9(11)10(12)14-8(13-7)6-15(2)3/h4-6H2,1-3H3,(H2,12,13,14). The van der Waals surface area contributed by atoms with Crippen LogP contribution < -0.4 is 5.73 Å². The van der Waals surface area contributed by atoms with Crippen LogP contribution in [0.4, 0.5) is 5.82 Å². The maximum absolute atomic E-state index is 5.85. The van der Waals surface area contributed by atoms with Crippen LogP contribution in [-0.2, 0) is 13.0 Å². The van der Waals surface area contributed by atoms with Gasteiger partial charge >= 0.3 is 0 Å². The van der Waals surface area contributed by atoms with Crippen molar-refractivity contribution in [1.82, 2.24) is 14.9 Å². The van der Waals surface area contributed by atoms with E-state index in [4.69, 9.17) is 5.73 Å². The molecule has 0 saturated heterocycles. The SMILES string of the molecule is CCCc1nc(CN(C)C)nc(N)c1I. The molecule has 0 spiro atoms. The van der Waals surface area contributed by atoms with E-state index < -0.39 is 0 Å². The van der Waals surface area contributed by atoms with E-state index >= 15 is 0 Å². The molecular weight excluding hydrogens is 303 g/mol. The van der Waals surface area contributed by atoms with Crippen LogP contribution in [0.25, 0.3) is 0 Å². The molecule has 0 fully saturated rings. The van der Waals surface area contributed by atoms with Gasteiger partial charge in [0.1, 0.15) is 11.6 Å². The Kier molecular flexibility index (Phi) is 4.72. The maximum Gasteiger partial charge on any atom is 0.145 e. The van der Waals surface area contributed by atoms with Crippen molar-refractivity contribution in [2.75, 3.05) is 19.8 Å². The molecule has 0 atom stereocenters. The van der Waals surface area contributed by atoms with E-state index in [0.29, 0.717) is 5.82 Å². The number of anilines is 1. The van der Waals surface area contributed by atoms with Crippen LogP contribution in [0.5, 0.6) is 0 Å². The van der Waals surface area contributed by atoms with Crippen molar-refractivity contribution in [2.45, 2.75) is 26.3 Å². The molecule has 4 nitrogen and oxygen atoms in total.